The molecular weight excluding hydrogens is 707 g/mol. The molecule has 1 saturated heterocycles. The lowest BCUT2D eigenvalue weighted by molar-refractivity contribution is -0.385. The molecule has 1 N–H and O–H groups in total. The van der Waals surface area contributed by atoms with E-state index in [1.54, 1.807) is 25.1 Å². The van der Waals surface area contributed by atoms with E-state index in [1.807, 2.05) is 42.5 Å². The molecule has 0 bridgehead atoms. The second-order valence-electron chi connectivity index (χ2n) is 10.1. The highest BCUT2D eigenvalue weighted by Crippen LogP contribution is 2.32. The van der Waals surface area contributed by atoms with Gasteiger partial charge in [-0.3, -0.25) is 10.1 Å². The molecule has 1 fully saturated rings. The zero-order valence-corrected chi connectivity index (χ0v) is 28.4. The van der Waals surface area contributed by atoms with Crippen LogP contribution in [0.25, 0.3) is 11.3 Å². The number of nitro benzene ring substituents is 1. The molecule has 1 aliphatic heterocycles. The van der Waals surface area contributed by atoms with E-state index in [4.69, 9.17) is 49.1 Å². The Morgan fingerprint density at radius 2 is 1.76 bits per heavy atom. The summed E-state index contributed by atoms with van der Waals surface area (Å²) in [4.78, 5) is 20.2. The number of benzene rings is 3. The van der Waals surface area contributed by atoms with Crippen molar-refractivity contribution in [2.75, 3.05) is 44.2 Å². The van der Waals surface area contributed by atoms with Gasteiger partial charge in [0.2, 0.25) is 0 Å². The fourth-order valence-electron chi connectivity index (χ4n) is 4.90. The standard InChI is InChI=1S/C31H31Cl3N6O4.BrH/c1-2-43-30-18-25(9-10-29(30)40(41)42)38-13-15-39(16-14-38)31(35-12-11-21-3-8-24(33)17-27(21)34)36-20-26-19-28(37-44-26)22-4-6-23(32)7-5-22;/h3-10,17-19H,2,11-16,20H2,1H3,(H,35,36);1H. The van der Waals surface area contributed by atoms with Gasteiger partial charge in [0.1, 0.15) is 12.2 Å². The van der Waals surface area contributed by atoms with E-state index in [2.05, 4.69) is 20.3 Å². The third kappa shape index (κ3) is 9.03. The normalized spacial score (nSPS) is 13.4. The lowest BCUT2D eigenvalue weighted by Gasteiger charge is -2.37. The number of hydrogen-bond acceptors (Lipinski definition) is 7. The Bertz CT molecular complexity index is 1630. The van der Waals surface area contributed by atoms with E-state index >= 15 is 0 Å². The van der Waals surface area contributed by atoms with Gasteiger partial charge in [0.25, 0.3) is 0 Å². The van der Waals surface area contributed by atoms with Crippen LogP contribution in [0.1, 0.15) is 18.2 Å². The van der Waals surface area contributed by atoms with Gasteiger partial charge in [-0.15, -0.1) is 17.0 Å². The number of nitrogens with zero attached hydrogens (tertiary/aromatic N) is 5. The first-order valence-electron chi connectivity index (χ1n) is 14.2. The Morgan fingerprint density at radius 1 is 1.02 bits per heavy atom. The number of aliphatic imine (C=N–C) groups is 1. The molecule has 0 saturated carbocycles. The fraction of sp³-hybridized carbons (Fsp3) is 0.290. The number of piperazine rings is 1. The quantitative estimate of drug-likeness (QED) is 0.0764. The maximum atomic E-state index is 11.4. The summed E-state index contributed by atoms with van der Waals surface area (Å²) in [6.45, 7) is 5.80. The van der Waals surface area contributed by atoms with Crippen molar-refractivity contribution in [1.29, 1.82) is 0 Å². The molecule has 238 valence electrons. The van der Waals surface area contributed by atoms with E-state index in [1.165, 1.54) is 6.07 Å². The summed E-state index contributed by atoms with van der Waals surface area (Å²) in [5, 5.41) is 21.0. The van der Waals surface area contributed by atoms with Gasteiger partial charge in [0.05, 0.1) is 11.5 Å². The number of ether oxygens (including phenoxy) is 1. The molecule has 10 nitrogen and oxygen atoms in total. The van der Waals surface area contributed by atoms with Crippen LogP contribution in [0.3, 0.4) is 0 Å². The number of halogens is 4. The van der Waals surface area contributed by atoms with Crippen molar-refractivity contribution in [3.05, 3.63) is 103 Å². The van der Waals surface area contributed by atoms with Crippen molar-refractivity contribution >= 4 is 69.1 Å². The highest BCUT2D eigenvalue weighted by atomic mass is 79.9. The molecule has 0 spiro atoms. The lowest BCUT2D eigenvalue weighted by Crippen LogP contribution is -2.52. The van der Waals surface area contributed by atoms with Gasteiger partial charge in [-0.2, -0.15) is 0 Å². The van der Waals surface area contributed by atoms with E-state index in [9.17, 15) is 10.1 Å². The molecule has 0 amide bonds. The van der Waals surface area contributed by atoms with E-state index < -0.39 is 4.92 Å². The smallest absolute Gasteiger partial charge is 0.311 e. The molecule has 45 heavy (non-hydrogen) atoms. The summed E-state index contributed by atoms with van der Waals surface area (Å²) < 4.78 is 11.1. The summed E-state index contributed by atoms with van der Waals surface area (Å²) in [5.74, 6) is 1.63. The number of anilines is 1. The SMILES string of the molecule is Br.CCOc1cc(N2CCN(C(=NCc3cc(-c4ccc(Cl)cc4)no3)NCCc3ccc(Cl)cc3Cl)CC2)ccc1[N+](=O)[O-]. The second-order valence-corrected chi connectivity index (χ2v) is 11.3. The average molecular weight is 739 g/mol. The van der Waals surface area contributed by atoms with Crippen LogP contribution in [0.15, 0.2) is 76.2 Å². The molecular formula is C31H32BrCl3N6O4. The number of aromatic nitrogens is 1. The first-order valence-corrected chi connectivity index (χ1v) is 15.3. The largest absolute Gasteiger partial charge is 0.487 e. The second kappa shape index (κ2) is 16.2. The third-order valence-corrected chi connectivity index (χ3v) is 8.00. The van der Waals surface area contributed by atoms with E-state index in [0.717, 1.165) is 22.8 Å². The minimum atomic E-state index is -0.425. The van der Waals surface area contributed by atoms with Crippen LogP contribution < -0.4 is 15.0 Å². The molecule has 2 heterocycles. The summed E-state index contributed by atoms with van der Waals surface area (Å²) in [6, 6.07) is 19.8. The molecule has 1 aromatic heterocycles. The van der Waals surface area contributed by atoms with Gasteiger partial charge in [0, 0.05) is 77.2 Å². The zero-order chi connectivity index (χ0) is 31.1. The summed E-state index contributed by atoms with van der Waals surface area (Å²) in [7, 11) is 0. The predicted octanol–water partition coefficient (Wildman–Crippen LogP) is 7.70. The van der Waals surface area contributed by atoms with Crippen LogP contribution in [0, 0.1) is 10.1 Å². The molecule has 1 aliphatic rings. The monoisotopic (exact) mass is 736 g/mol. The average Bonchev–Trinajstić information content (AvgIpc) is 3.49. The number of nitro groups is 1. The molecule has 3 aromatic carbocycles. The molecule has 4 aromatic rings. The van der Waals surface area contributed by atoms with Crippen LogP contribution in [-0.4, -0.2) is 60.3 Å². The molecule has 0 aliphatic carbocycles. The molecule has 0 atom stereocenters. The maximum absolute atomic E-state index is 11.4. The van der Waals surface area contributed by atoms with Crippen LogP contribution in [0.2, 0.25) is 15.1 Å². The molecule has 0 unspecified atom stereocenters. The minimum absolute atomic E-state index is 0. The van der Waals surface area contributed by atoms with Gasteiger partial charge >= 0.3 is 5.69 Å². The van der Waals surface area contributed by atoms with Crippen LogP contribution in [0.4, 0.5) is 11.4 Å². The van der Waals surface area contributed by atoms with E-state index in [-0.39, 0.29) is 28.4 Å². The van der Waals surface area contributed by atoms with Crippen molar-refractivity contribution in [2.24, 2.45) is 4.99 Å². The first kappa shape index (κ1) is 34.4. The van der Waals surface area contributed by atoms with Crippen LogP contribution in [0.5, 0.6) is 5.75 Å². The number of hydrogen-bond donors (Lipinski definition) is 1. The molecule has 14 heteroatoms. The maximum Gasteiger partial charge on any atom is 0.311 e. The Kier molecular flexibility index (Phi) is 12.3. The minimum Gasteiger partial charge on any atom is -0.487 e. The van der Waals surface area contributed by atoms with Gasteiger partial charge in [-0.1, -0.05) is 58.2 Å². The van der Waals surface area contributed by atoms with Crippen molar-refractivity contribution in [3.8, 4) is 17.0 Å². The van der Waals surface area contributed by atoms with Crippen molar-refractivity contribution in [2.45, 2.75) is 19.9 Å². The Morgan fingerprint density at radius 3 is 2.44 bits per heavy atom. The van der Waals surface area contributed by atoms with E-state index in [0.29, 0.717) is 78.8 Å². The first-order chi connectivity index (χ1) is 21.3. The highest BCUT2D eigenvalue weighted by molar-refractivity contribution is 8.93. The number of nitrogens with one attached hydrogen (secondary N) is 1. The van der Waals surface area contributed by atoms with Crippen molar-refractivity contribution < 1.29 is 14.2 Å². The molecule has 0 radical (unpaired) electrons. The van der Waals surface area contributed by atoms with Gasteiger partial charge in [-0.05, 0) is 49.2 Å². The zero-order valence-electron chi connectivity index (χ0n) is 24.4. The Hall–Kier alpha value is -3.51. The Balaban J connectivity index is 0.00000461. The summed E-state index contributed by atoms with van der Waals surface area (Å²) in [6.07, 6.45) is 0.682. The lowest BCUT2D eigenvalue weighted by atomic mass is 10.1. The predicted molar refractivity (Wildman–Crippen MR) is 185 cm³/mol. The summed E-state index contributed by atoms with van der Waals surface area (Å²) >= 11 is 18.5. The number of guanidine groups is 1. The van der Waals surface area contributed by atoms with Crippen LogP contribution in [-0.2, 0) is 13.0 Å². The topological polar surface area (TPSA) is 109 Å². The van der Waals surface area contributed by atoms with Crippen LogP contribution >= 0.6 is 51.8 Å². The third-order valence-electron chi connectivity index (χ3n) is 7.16. The highest BCUT2D eigenvalue weighted by Gasteiger charge is 2.23. The summed E-state index contributed by atoms with van der Waals surface area (Å²) in [5.41, 5.74) is 3.43. The van der Waals surface area contributed by atoms with Gasteiger partial charge in [0.15, 0.2) is 17.5 Å². The van der Waals surface area contributed by atoms with Gasteiger partial charge in [-0.25, -0.2) is 4.99 Å². The molecule has 5 rings (SSSR count). The van der Waals surface area contributed by atoms with Crippen molar-refractivity contribution in [3.63, 3.8) is 0 Å². The Labute approximate surface area is 286 Å². The number of rotatable bonds is 10. The van der Waals surface area contributed by atoms with Crippen molar-refractivity contribution in [1.82, 2.24) is 15.4 Å². The van der Waals surface area contributed by atoms with Gasteiger partial charge < -0.3 is 24.4 Å². The fourth-order valence-corrected chi connectivity index (χ4v) is 5.52.